The summed E-state index contributed by atoms with van der Waals surface area (Å²) in [6, 6.07) is 12.3. The van der Waals surface area contributed by atoms with Gasteiger partial charge in [-0.25, -0.2) is 0 Å². The zero-order chi connectivity index (χ0) is 15.7. The molecule has 4 heteroatoms. The number of hydrogen-bond donors (Lipinski definition) is 1. The van der Waals surface area contributed by atoms with Crippen LogP contribution in [0.25, 0.3) is 17.0 Å². The maximum Gasteiger partial charge on any atom is 0.189 e. The van der Waals surface area contributed by atoms with Crippen LogP contribution >= 0.6 is 11.6 Å². The standard InChI is InChI=1S/C18H13ClO3/c1-11-6-7-12(15(21)10-11)14(20)8-9-17-18(19)13-4-2-3-5-16(13)22-17/h2-10,21H,1H3/b9-8+. The van der Waals surface area contributed by atoms with Crippen molar-refractivity contribution in [3.63, 3.8) is 0 Å². The summed E-state index contributed by atoms with van der Waals surface area (Å²) in [5.74, 6) is 0.0715. The van der Waals surface area contributed by atoms with Crippen molar-refractivity contribution in [2.45, 2.75) is 6.92 Å². The van der Waals surface area contributed by atoms with E-state index in [2.05, 4.69) is 0 Å². The molecule has 0 radical (unpaired) electrons. The normalized spacial score (nSPS) is 11.4. The molecule has 0 aliphatic heterocycles. The first-order valence-electron chi connectivity index (χ1n) is 6.75. The summed E-state index contributed by atoms with van der Waals surface area (Å²) in [6.45, 7) is 1.85. The average molecular weight is 313 g/mol. The number of furan rings is 1. The van der Waals surface area contributed by atoms with Crippen molar-refractivity contribution in [3.8, 4) is 5.75 Å². The zero-order valence-electron chi connectivity index (χ0n) is 11.8. The van der Waals surface area contributed by atoms with Crippen LogP contribution in [0.1, 0.15) is 21.7 Å². The lowest BCUT2D eigenvalue weighted by molar-refractivity contribution is 0.104. The fourth-order valence-corrected chi connectivity index (χ4v) is 2.49. The summed E-state index contributed by atoms with van der Waals surface area (Å²) in [7, 11) is 0. The predicted octanol–water partition coefficient (Wildman–Crippen LogP) is 5.00. The second-order valence-corrected chi connectivity index (χ2v) is 5.37. The Morgan fingerprint density at radius 1 is 1.23 bits per heavy atom. The van der Waals surface area contributed by atoms with Gasteiger partial charge in [0.1, 0.15) is 17.1 Å². The minimum Gasteiger partial charge on any atom is -0.507 e. The molecule has 0 saturated heterocycles. The Hall–Kier alpha value is -2.52. The number of aromatic hydroxyl groups is 1. The molecule has 1 N–H and O–H groups in total. The third-order valence-electron chi connectivity index (χ3n) is 3.36. The van der Waals surface area contributed by atoms with Gasteiger partial charge < -0.3 is 9.52 Å². The van der Waals surface area contributed by atoms with E-state index in [1.165, 1.54) is 12.2 Å². The molecule has 22 heavy (non-hydrogen) atoms. The van der Waals surface area contributed by atoms with E-state index < -0.39 is 0 Å². The molecule has 0 unspecified atom stereocenters. The second-order valence-electron chi connectivity index (χ2n) is 4.99. The van der Waals surface area contributed by atoms with Crippen molar-refractivity contribution in [1.29, 1.82) is 0 Å². The molecule has 1 heterocycles. The van der Waals surface area contributed by atoms with Gasteiger partial charge in [0.25, 0.3) is 0 Å². The largest absolute Gasteiger partial charge is 0.507 e. The van der Waals surface area contributed by atoms with Crippen molar-refractivity contribution < 1.29 is 14.3 Å². The van der Waals surface area contributed by atoms with Crippen LogP contribution in [0.5, 0.6) is 5.75 Å². The van der Waals surface area contributed by atoms with E-state index >= 15 is 0 Å². The van der Waals surface area contributed by atoms with Crippen LogP contribution in [-0.2, 0) is 0 Å². The number of ketones is 1. The molecule has 0 amide bonds. The van der Waals surface area contributed by atoms with Crippen LogP contribution in [0.4, 0.5) is 0 Å². The van der Waals surface area contributed by atoms with Gasteiger partial charge in [-0.1, -0.05) is 29.8 Å². The van der Waals surface area contributed by atoms with Gasteiger partial charge in [-0.2, -0.15) is 0 Å². The Kier molecular flexibility index (Phi) is 3.73. The smallest absolute Gasteiger partial charge is 0.189 e. The molecule has 0 bridgehead atoms. The number of aryl methyl sites for hydroxylation is 1. The predicted molar refractivity (Wildman–Crippen MR) is 87.4 cm³/mol. The summed E-state index contributed by atoms with van der Waals surface area (Å²) in [5, 5.41) is 11.1. The van der Waals surface area contributed by atoms with Gasteiger partial charge in [-0.05, 0) is 48.9 Å². The number of fused-ring (bicyclic) bond motifs is 1. The van der Waals surface area contributed by atoms with Gasteiger partial charge >= 0.3 is 0 Å². The molecule has 3 rings (SSSR count). The summed E-state index contributed by atoms with van der Waals surface area (Å²) >= 11 is 6.23. The number of benzene rings is 2. The van der Waals surface area contributed by atoms with E-state index in [9.17, 15) is 9.90 Å². The number of carbonyl (C=O) groups excluding carboxylic acids is 1. The number of para-hydroxylation sites is 1. The molecule has 0 fully saturated rings. The number of hydrogen-bond acceptors (Lipinski definition) is 3. The topological polar surface area (TPSA) is 50.4 Å². The summed E-state index contributed by atoms with van der Waals surface area (Å²) in [6.07, 6.45) is 2.86. The SMILES string of the molecule is Cc1ccc(C(=O)/C=C/c2oc3ccccc3c2Cl)c(O)c1. The number of halogens is 1. The maximum absolute atomic E-state index is 12.1. The van der Waals surface area contributed by atoms with Gasteiger partial charge in [-0.3, -0.25) is 4.79 Å². The molecule has 0 aliphatic rings. The van der Waals surface area contributed by atoms with E-state index in [1.54, 1.807) is 18.2 Å². The van der Waals surface area contributed by atoms with Crippen molar-refractivity contribution in [1.82, 2.24) is 0 Å². The molecule has 0 saturated carbocycles. The molecular formula is C18H13ClO3. The lowest BCUT2D eigenvalue weighted by Crippen LogP contribution is -1.94. The third-order valence-corrected chi connectivity index (χ3v) is 3.75. The van der Waals surface area contributed by atoms with E-state index in [1.807, 2.05) is 31.2 Å². The van der Waals surface area contributed by atoms with Gasteiger partial charge in [0, 0.05) is 5.39 Å². The Labute approximate surface area is 132 Å². The Morgan fingerprint density at radius 2 is 2.00 bits per heavy atom. The molecule has 0 aliphatic carbocycles. The first-order chi connectivity index (χ1) is 10.6. The lowest BCUT2D eigenvalue weighted by Gasteiger charge is -2.01. The molecule has 1 aromatic heterocycles. The fourth-order valence-electron chi connectivity index (χ4n) is 2.23. The highest BCUT2D eigenvalue weighted by atomic mass is 35.5. The van der Waals surface area contributed by atoms with E-state index in [0.29, 0.717) is 16.4 Å². The van der Waals surface area contributed by atoms with Crippen molar-refractivity contribution in [3.05, 3.63) is 70.5 Å². The van der Waals surface area contributed by atoms with Crippen LogP contribution in [0.2, 0.25) is 5.02 Å². The Bertz CT molecular complexity index is 890. The first kappa shape index (κ1) is 14.4. The molecule has 110 valence electrons. The highest BCUT2D eigenvalue weighted by Crippen LogP contribution is 2.31. The first-order valence-corrected chi connectivity index (χ1v) is 7.13. The monoisotopic (exact) mass is 312 g/mol. The quantitative estimate of drug-likeness (QED) is 0.547. The average Bonchev–Trinajstić information content (AvgIpc) is 2.82. The number of allylic oxidation sites excluding steroid dienone is 1. The van der Waals surface area contributed by atoms with Gasteiger partial charge in [-0.15, -0.1) is 0 Å². The van der Waals surface area contributed by atoms with Gasteiger partial charge in [0.2, 0.25) is 0 Å². The van der Waals surface area contributed by atoms with Crippen LogP contribution in [-0.4, -0.2) is 10.9 Å². The van der Waals surface area contributed by atoms with E-state index in [0.717, 1.165) is 10.9 Å². The fraction of sp³-hybridized carbons (Fsp3) is 0.0556. The highest BCUT2D eigenvalue weighted by molar-refractivity contribution is 6.36. The van der Waals surface area contributed by atoms with Crippen LogP contribution in [0.3, 0.4) is 0 Å². The van der Waals surface area contributed by atoms with Crippen molar-refractivity contribution in [2.24, 2.45) is 0 Å². The van der Waals surface area contributed by atoms with Crippen molar-refractivity contribution >= 4 is 34.4 Å². The van der Waals surface area contributed by atoms with Crippen molar-refractivity contribution in [2.75, 3.05) is 0 Å². The number of rotatable bonds is 3. The summed E-state index contributed by atoms with van der Waals surface area (Å²) in [5.41, 5.74) is 1.80. The summed E-state index contributed by atoms with van der Waals surface area (Å²) in [4.78, 5) is 12.1. The van der Waals surface area contributed by atoms with Crippen LogP contribution in [0.15, 0.2) is 53.0 Å². The Morgan fingerprint density at radius 3 is 2.73 bits per heavy atom. The zero-order valence-corrected chi connectivity index (χ0v) is 12.6. The minimum absolute atomic E-state index is 0.0367. The maximum atomic E-state index is 12.1. The van der Waals surface area contributed by atoms with E-state index in [4.69, 9.17) is 16.0 Å². The molecule has 2 aromatic carbocycles. The third kappa shape index (κ3) is 2.63. The number of carbonyl (C=O) groups is 1. The molecule has 0 spiro atoms. The minimum atomic E-state index is -0.311. The molecule has 0 atom stereocenters. The van der Waals surface area contributed by atoms with Crippen LogP contribution in [0, 0.1) is 6.92 Å². The Balaban J connectivity index is 1.92. The van der Waals surface area contributed by atoms with E-state index in [-0.39, 0.29) is 17.1 Å². The number of phenols is 1. The molecule has 3 nitrogen and oxygen atoms in total. The van der Waals surface area contributed by atoms with Crippen LogP contribution < -0.4 is 0 Å². The second kappa shape index (κ2) is 5.70. The van der Waals surface area contributed by atoms with Gasteiger partial charge in [0.05, 0.1) is 10.6 Å². The lowest BCUT2D eigenvalue weighted by atomic mass is 10.1. The van der Waals surface area contributed by atoms with Gasteiger partial charge in [0.15, 0.2) is 5.78 Å². The number of phenolic OH excluding ortho intramolecular Hbond substituents is 1. The molecular weight excluding hydrogens is 300 g/mol. The molecule has 3 aromatic rings. The highest BCUT2D eigenvalue weighted by Gasteiger charge is 2.11. The summed E-state index contributed by atoms with van der Waals surface area (Å²) < 4.78 is 5.60.